The second-order valence-corrected chi connectivity index (χ2v) is 6.08. The number of carbonyl (C=O) groups excluding carboxylic acids is 1. The van der Waals surface area contributed by atoms with Gasteiger partial charge in [0.25, 0.3) is 0 Å². The summed E-state index contributed by atoms with van der Waals surface area (Å²) in [6, 6.07) is 0.307. The van der Waals surface area contributed by atoms with Gasteiger partial charge in [0.15, 0.2) is 0 Å². The van der Waals surface area contributed by atoms with Crippen LogP contribution in [0.5, 0.6) is 0 Å². The smallest absolute Gasteiger partial charge is 0.222 e. The summed E-state index contributed by atoms with van der Waals surface area (Å²) in [7, 11) is 0. The van der Waals surface area contributed by atoms with Crippen molar-refractivity contribution in [2.75, 3.05) is 32.7 Å². The molecule has 2 fully saturated rings. The molecule has 0 aromatic heterocycles. The van der Waals surface area contributed by atoms with Crippen LogP contribution in [0.3, 0.4) is 0 Å². The lowest BCUT2D eigenvalue weighted by atomic mass is 10.1. The third kappa shape index (κ3) is 5.11. The van der Waals surface area contributed by atoms with E-state index in [1.54, 1.807) is 0 Å². The summed E-state index contributed by atoms with van der Waals surface area (Å²) in [6.45, 7) is 5.28. The second-order valence-electron chi connectivity index (χ2n) is 6.08. The number of likely N-dealkylation sites (tertiary alicyclic amines) is 2. The molecule has 2 aliphatic rings. The lowest BCUT2D eigenvalue weighted by Gasteiger charge is -2.30. The topological polar surface area (TPSA) is 49.6 Å². The van der Waals surface area contributed by atoms with Crippen molar-refractivity contribution in [2.24, 2.45) is 5.73 Å². The van der Waals surface area contributed by atoms with E-state index in [0.717, 1.165) is 38.9 Å². The van der Waals surface area contributed by atoms with E-state index in [1.807, 2.05) is 4.90 Å². The normalized spacial score (nSPS) is 23.3. The number of rotatable bonds is 4. The Morgan fingerprint density at radius 2 is 1.63 bits per heavy atom. The average Bonchev–Trinajstić information content (AvgIpc) is 2.68. The van der Waals surface area contributed by atoms with Gasteiger partial charge in [0.2, 0.25) is 5.91 Å². The molecule has 2 N–H and O–H groups in total. The summed E-state index contributed by atoms with van der Waals surface area (Å²) >= 11 is 0. The summed E-state index contributed by atoms with van der Waals surface area (Å²) in [4.78, 5) is 16.6. The maximum atomic E-state index is 12.1. The number of nitrogens with two attached hydrogens (primary N) is 1. The number of hydrogen-bond donors (Lipinski definition) is 1. The highest BCUT2D eigenvalue weighted by Gasteiger charge is 2.20. The number of nitrogens with zero attached hydrogens (tertiary/aromatic N) is 2. The van der Waals surface area contributed by atoms with E-state index in [1.165, 1.54) is 38.8 Å². The van der Waals surface area contributed by atoms with Crippen molar-refractivity contribution >= 4 is 5.91 Å². The predicted octanol–water partition coefficient (Wildman–Crippen LogP) is 1.59. The molecule has 2 rings (SSSR count). The SMILES string of the molecule is NC1CCN(C(=O)CCCN2CCCCCC2)CC1. The molecule has 2 saturated heterocycles. The zero-order chi connectivity index (χ0) is 13.5. The van der Waals surface area contributed by atoms with Gasteiger partial charge >= 0.3 is 0 Å². The average molecular weight is 267 g/mol. The van der Waals surface area contributed by atoms with Crippen LogP contribution < -0.4 is 5.73 Å². The molecule has 0 atom stereocenters. The van der Waals surface area contributed by atoms with Crippen LogP contribution in [-0.2, 0) is 4.79 Å². The van der Waals surface area contributed by atoms with Crippen molar-refractivity contribution in [3.8, 4) is 0 Å². The Hall–Kier alpha value is -0.610. The Balaban J connectivity index is 1.60. The van der Waals surface area contributed by atoms with Crippen molar-refractivity contribution in [1.82, 2.24) is 9.80 Å². The van der Waals surface area contributed by atoms with Crippen LogP contribution in [0.15, 0.2) is 0 Å². The third-order valence-electron chi connectivity index (χ3n) is 4.46. The molecule has 1 amide bonds. The van der Waals surface area contributed by atoms with Gasteiger partial charge in [-0.3, -0.25) is 4.79 Å². The van der Waals surface area contributed by atoms with Gasteiger partial charge in [-0.1, -0.05) is 12.8 Å². The van der Waals surface area contributed by atoms with Crippen molar-refractivity contribution < 1.29 is 4.79 Å². The minimum Gasteiger partial charge on any atom is -0.343 e. The number of amides is 1. The van der Waals surface area contributed by atoms with Crippen LogP contribution in [0.25, 0.3) is 0 Å². The van der Waals surface area contributed by atoms with Crippen LogP contribution >= 0.6 is 0 Å². The van der Waals surface area contributed by atoms with E-state index in [-0.39, 0.29) is 0 Å². The largest absolute Gasteiger partial charge is 0.343 e. The zero-order valence-corrected chi connectivity index (χ0v) is 12.1. The second kappa shape index (κ2) is 7.85. The molecule has 0 unspecified atom stereocenters. The Morgan fingerprint density at radius 3 is 2.26 bits per heavy atom. The highest BCUT2D eigenvalue weighted by molar-refractivity contribution is 5.76. The molecule has 0 aliphatic carbocycles. The van der Waals surface area contributed by atoms with Gasteiger partial charge in [-0.25, -0.2) is 0 Å². The van der Waals surface area contributed by atoms with Crippen LogP contribution in [0.1, 0.15) is 51.4 Å². The third-order valence-corrected chi connectivity index (χ3v) is 4.46. The molecular weight excluding hydrogens is 238 g/mol. The first-order valence-corrected chi connectivity index (χ1v) is 8.01. The Bertz CT molecular complexity index is 267. The van der Waals surface area contributed by atoms with Crippen molar-refractivity contribution in [3.63, 3.8) is 0 Å². The summed E-state index contributed by atoms with van der Waals surface area (Å²) < 4.78 is 0. The quantitative estimate of drug-likeness (QED) is 0.841. The Labute approximate surface area is 117 Å². The number of hydrogen-bond acceptors (Lipinski definition) is 3. The van der Waals surface area contributed by atoms with E-state index in [9.17, 15) is 4.79 Å². The van der Waals surface area contributed by atoms with E-state index < -0.39 is 0 Å². The molecule has 19 heavy (non-hydrogen) atoms. The minimum absolute atomic E-state index is 0.307. The Morgan fingerprint density at radius 1 is 1.00 bits per heavy atom. The van der Waals surface area contributed by atoms with Crippen LogP contribution in [0.4, 0.5) is 0 Å². The fraction of sp³-hybridized carbons (Fsp3) is 0.933. The molecule has 0 aromatic carbocycles. The van der Waals surface area contributed by atoms with Gasteiger partial charge in [-0.15, -0.1) is 0 Å². The highest BCUT2D eigenvalue weighted by atomic mass is 16.2. The van der Waals surface area contributed by atoms with Gasteiger partial charge in [0.05, 0.1) is 0 Å². The molecule has 4 nitrogen and oxygen atoms in total. The molecule has 4 heteroatoms. The first kappa shape index (κ1) is 14.8. The lowest BCUT2D eigenvalue weighted by Crippen LogP contribution is -2.43. The Kier molecular flexibility index (Phi) is 6.11. The van der Waals surface area contributed by atoms with Gasteiger partial charge in [0, 0.05) is 25.6 Å². The zero-order valence-electron chi connectivity index (χ0n) is 12.1. The summed E-state index contributed by atoms with van der Waals surface area (Å²) in [6.07, 6.45) is 9.09. The first-order chi connectivity index (χ1) is 9.25. The fourth-order valence-electron chi connectivity index (χ4n) is 3.12. The van der Waals surface area contributed by atoms with E-state index in [2.05, 4.69) is 4.90 Å². The number of piperidine rings is 1. The monoisotopic (exact) mass is 267 g/mol. The molecule has 2 aliphatic heterocycles. The summed E-state index contributed by atoms with van der Waals surface area (Å²) in [5.41, 5.74) is 5.86. The molecule has 2 heterocycles. The molecule has 0 radical (unpaired) electrons. The minimum atomic E-state index is 0.307. The van der Waals surface area contributed by atoms with Gasteiger partial charge in [-0.05, 0) is 51.7 Å². The first-order valence-electron chi connectivity index (χ1n) is 8.01. The van der Waals surface area contributed by atoms with Crippen molar-refractivity contribution in [2.45, 2.75) is 57.4 Å². The van der Waals surface area contributed by atoms with Crippen LogP contribution in [0.2, 0.25) is 0 Å². The van der Waals surface area contributed by atoms with E-state index in [0.29, 0.717) is 18.4 Å². The summed E-state index contributed by atoms with van der Waals surface area (Å²) in [5, 5.41) is 0. The highest BCUT2D eigenvalue weighted by Crippen LogP contribution is 2.12. The van der Waals surface area contributed by atoms with Crippen LogP contribution in [0, 0.1) is 0 Å². The van der Waals surface area contributed by atoms with Gasteiger partial charge in [-0.2, -0.15) is 0 Å². The molecule has 0 aromatic rings. The van der Waals surface area contributed by atoms with Crippen molar-refractivity contribution in [3.05, 3.63) is 0 Å². The maximum absolute atomic E-state index is 12.1. The predicted molar refractivity (Wildman–Crippen MR) is 77.9 cm³/mol. The lowest BCUT2D eigenvalue weighted by molar-refractivity contribution is -0.132. The molecule has 0 saturated carbocycles. The maximum Gasteiger partial charge on any atom is 0.222 e. The molecular formula is C15H29N3O. The fourth-order valence-corrected chi connectivity index (χ4v) is 3.12. The van der Waals surface area contributed by atoms with E-state index in [4.69, 9.17) is 5.73 Å². The molecule has 0 spiro atoms. The van der Waals surface area contributed by atoms with E-state index >= 15 is 0 Å². The van der Waals surface area contributed by atoms with Gasteiger partial charge in [0.1, 0.15) is 0 Å². The number of carbonyl (C=O) groups is 1. The molecule has 0 bridgehead atoms. The van der Waals surface area contributed by atoms with Gasteiger partial charge < -0.3 is 15.5 Å². The van der Waals surface area contributed by atoms with Crippen LogP contribution in [-0.4, -0.2) is 54.5 Å². The standard InChI is InChI=1S/C15H29N3O/c16-14-7-12-18(13-8-14)15(19)6-5-11-17-9-3-1-2-4-10-17/h14H,1-13,16H2. The van der Waals surface area contributed by atoms with Crippen molar-refractivity contribution in [1.29, 1.82) is 0 Å². The summed E-state index contributed by atoms with van der Waals surface area (Å²) in [5.74, 6) is 0.335. The molecule has 110 valence electrons.